The summed E-state index contributed by atoms with van der Waals surface area (Å²) in [7, 11) is 0. The zero-order valence-electron chi connectivity index (χ0n) is 16.8. The van der Waals surface area contributed by atoms with Gasteiger partial charge in [-0.1, -0.05) is 18.7 Å². The van der Waals surface area contributed by atoms with Gasteiger partial charge in [-0.25, -0.2) is 4.39 Å². The minimum Gasteiger partial charge on any atom is -0.487 e. The Bertz CT molecular complexity index is 1040. The van der Waals surface area contributed by atoms with Crippen LogP contribution in [0.15, 0.2) is 59.9 Å². The minimum absolute atomic E-state index is 0.0614. The molecule has 0 unspecified atom stereocenters. The van der Waals surface area contributed by atoms with Crippen LogP contribution in [0.3, 0.4) is 0 Å². The Morgan fingerprint density at radius 1 is 1.31 bits per heavy atom. The topological polar surface area (TPSA) is 76.7 Å². The van der Waals surface area contributed by atoms with Crippen molar-refractivity contribution in [1.82, 2.24) is 5.32 Å². The van der Waals surface area contributed by atoms with E-state index in [2.05, 4.69) is 16.9 Å². The number of nitrogens with zero attached hydrogens (tertiary/aromatic N) is 1. The number of benzene rings is 2. The molecule has 1 heterocycles. The third-order valence-corrected chi connectivity index (χ3v) is 4.60. The molecule has 0 radical (unpaired) electrons. The second-order valence-electron chi connectivity index (χ2n) is 7.58. The third-order valence-electron chi connectivity index (χ3n) is 4.60. The van der Waals surface area contributed by atoms with Gasteiger partial charge in [0, 0.05) is 18.2 Å². The Kier molecular flexibility index (Phi) is 5.55. The fourth-order valence-corrected chi connectivity index (χ4v) is 3.27. The van der Waals surface area contributed by atoms with Crippen molar-refractivity contribution >= 4 is 17.8 Å². The Hall–Kier alpha value is -3.41. The van der Waals surface area contributed by atoms with E-state index >= 15 is 0 Å². The Morgan fingerprint density at radius 3 is 2.72 bits per heavy atom. The molecule has 0 saturated heterocycles. The Balaban J connectivity index is 1.75. The summed E-state index contributed by atoms with van der Waals surface area (Å²) < 4.78 is 19.7. The molecule has 2 aromatic rings. The monoisotopic (exact) mass is 393 g/mol. The van der Waals surface area contributed by atoms with Gasteiger partial charge in [-0.05, 0) is 56.2 Å². The third kappa shape index (κ3) is 4.54. The number of aliphatic imine (C=N–C) groups is 1. The van der Waals surface area contributed by atoms with Crippen LogP contribution in [0.2, 0.25) is 0 Å². The second kappa shape index (κ2) is 7.91. The largest absolute Gasteiger partial charge is 0.487 e. The van der Waals surface area contributed by atoms with Crippen LogP contribution in [0.25, 0.3) is 5.70 Å². The van der Waals surface area contributed by atoms with Gasteiger partial charge in [0.25, 0.3) is 5.91 Å². The molecule has 1 amide bonds. The van der Waals surface area contributed by atoms with E-state index in [0.29, 0.717) is 5.70 Å². The summed E-state index contributed by atoms with van der Waals surface area (Å²) in [6.45, 7) is 9.80. The molecule has 0 saturated carbocycles. The lowest BCUT2D eigenvalue weighted by molar-refractivity contribution is 0.0964. The van der Waals surface area contributed by atoms with Crippen molar-refractivity contribution in [2.45, 2.75) is 32.8 Å². The predicted molar refractivity (Wildman–Crippen MR) is 113 cm³/mol. The van der Waals surface area contributed by atoms with E-state index in [1.165, 1.54) is 30.6 Å². The van der Waals surface area contributed by atoms with Gasteiger partial charge in [0.15, 0.2) is 0 Å². The first-order valence-electron chi connectivity index (χ1n) is 9.24. The lowest BCUT2D eigenvalue weighted by Gasteiger charge is -2.16. The molecule has 1 aliphatic rings. The molecule has 2 aromatic carbocycles. The minimum atomic E-state index is -0.601. The Morgan fingerprint density at radius 2 is 2.03 bits per heavy atom. The summed E-state index contributed by atoms with van der Waals surface area (Å²) in [6.07, 6.45) is 3.59. The van der Waals surface area contributed by atoms with E-state index in [-0.39, 0.29) is 16.9 Å². The Labute approximate surface area is 169 Å². The molecule has 0 atom stereocenters. The lowest BCUT2D eigenvalue weighted by atomic mass is 9.97. The van der Waals surface area contributed by atoms with Gasteiger partial charge in [-0.3, -0.25) is 9.79 Å². The van der Waals surface area contributed by atoms with Gasteiger partial charge >= 0.3 is 0 Å². The molecule has 1 aliphatic heterocycles. The van der Waals surface area contributed by atoms with Crippen molar-refractivity contribution in [3.63, 3.8) is 0 Å². The van der Waals surface area contributed by atoms with Crippen LogP contribution < -0.4 is 15.8 Å². The number of allylic oxidation sites excluding steroid dienone is 1. The number of aryl methyl sites for hydroxylation is 1. The van der Waals surface area contributed by atoms with Crippen molar-refractivity contribution in [3.8, 4) is 5.75 Å². The van der Waals surface area contributed by atoms with E-state index in [9.17, 15) is 9.18 Å². The average Bonchev–Trinajstić information content (AvgIpc) is 2.95. The summed E-state index contributed by atoms with van der Waals surface area (Å²) in [6, 6.07) is 9.74. The number of carbonyl (C=O) groups is 1. The van der Waals surface area contributed by atoms with Crippen molar-refractivity contribution in [2.24, 2.45) is 10.7 Å². The van der Waals surface area contributed by atoms with Crippen LogP contribution >= 0.6 is 0 Å². The number of ether oxygens (including phenoxy) is 1. The molecule has 5 nitrogen and oxygen atoms in total. The zero-order chi connectivity index (χ0) is 21.2. The molecular formula is C23H24FN3O2. The predicted octanol–water partition coefficient (Wildman–Crippen LogP) is 4.12. The molecular weight excluding hydrogens is 369 g/mol. The highest BCUT2D eigenvalue weighted by Gasteiger charge is 2.30. The van der Waals surface area contributed by atoms with Crippen LogP contribution in [0.1, 0.15) is 40.9 Å². The summed E-state index contributed by atoms with van der Waals surface area (Å²) in [5.74, 6) is -0.319. The van der Waals surface area contributed by atoms with E-state index < -0.39 is 11.7 Å². The van der Waals surface area contributed by atoms with Crippen molar-refractivity contribution in [3.05, 3.63) is 82.9 Å². The molecule has 0 spiro atoms. The molecule has 0 aliphatic carbocycles. The molecule has 150 valence electrons. The number of hydrogen-bond donors (Lipinski definition) is 2. The van der Waals surface area contributed by atoms with Crippen LogP contribution in [0.5, 0.6) is 5.75 Å². The lowest BCUT2D eigenvalue weighted by Crippen LogP contribution is -2.24. The zero-order valence-corrected chi connectivity index (χ0v) is 16.8. The molecule has 3 N–H and O–H groups in total. The second-order valence-corrected chi connectivity index (χ2v) is 7.58. The van der Waals surface area contributed by atoms with Gasteiger partial charge in [0.2, 0.25) is 0 Å². The van der Waals surface area contributed by atoms with Gasteiger partial charge < -0.3 is 15.8 Å². The fraction of sp³-hybridized carbons (Fsp3) is 0.217. The highest BCUT2D eigenvalue weighted by atomic mass is 19.1. The number of rotatable bonds is 5. The van der Waals surface area contributed by atoms with Gasteiger partial charge in [-0.15, -0.1) is 0 Å². The number of fused-ring (bicyclic) bond motifs is 1. The molecule has 3 rings (SSSR count). The number of halogens is 1. The first-order chi connectivity index (χ1) is 13.7. The first kappa shape index (κ1) is 20.3. The van der Waals surface area contributed by atoms with Crippen molar-refractivity contribution in [2.75, 3.05) is 0 Å². The molecule has 29 heavy (non-hydrogen) atoms. The quantitative estimate of drug-likeness (QED) is 0.750. The van der Waals surface area contributed by atoms with Gasteiger partial charge in [-0.2, -0.15) is 0 Å². The maximum atomic E-state index is 13.7. The number of nitrogens with two attached hydrogens (primary N) is 1. The number of amides is 1. The summed E-state index contributed by atoms with van der Waals surface area (Å²) in [4.78, 5) is 16.5. The summed E-state index contributed by atoms with van der Waals surface area (Å²) >= 11 is 0. The average molecular weight is 393 g/mol. The smallest absolute Gasteiger partial charge is 0.258 e. The molecule has 0 aromatic heterocycles. The molecule has 0 fully saturated rings. The van der Waals surface area contributed by atoms with E-state index in [1.54, 1.807) is 6.07 Å². The molecule has 0 bridgehead atoms. The van der Waals surface area contributed by atoms with Crippen LogP contribution in [-0.4, -0.2) is 17.7 Å². The van der Waals surface area contributed by atoms with Gasteiger partial charge in [0.1, 0.15) is 17.2 Å². The number of carbonyl (C=O) groups excluding carboxylic acids is 1. The number of nitrogens with one attached hydrogen (secondary N) is 1. The van der Waals surface area contributed by atoms with E-state index in [4.69, 9.17) is 10.5 Å². The highest BCUT2D eigenvalue weighted by molar-refractivity contribution is 5.99. The van der Waals surface area contributed by atoms with Crippen LogP contribution in [0.4, 0.5) is 4.39 Å². The molecule has 6 heteroatoms. The highest BCUT2D eigenvalue weighted by Crippen LogP contribution is 2.38. The normalized spacial score (nSPS) is 15.1. The van der Waals surface area contributed by atoms with E-state index in [1.807, 2.05) is 32.9 Å². The standard InChI is InChI=1S/C23H24FN3O2/c1-14-9-21-16(11-23(3,4)29-21)10-18(14)20(12-25)26-13-15(2)27-22(28)17-7-5-6-8-19(17)24/h5-10,12-13H,2,11,25H2,1,3-4H3,(H,27,28)/b20-12-,26-13-. The number of hydrogen-bond acceptors (Lipinski definition) is 4. The maximum Gasteiger partial charge on any atom is 0.258 e. The summed E-state index contributed by atoms with van der Waals surface area (Å²) in [5.41, 5.74) is 9.19. The van der Waals surface area contributed by atoms with Crippen LogP contribution in [-0.2, 0) is 6.42 Å². The first-order valence-corrected chi connectivity index (χ1v) is 9.24. The van der Waals surface area contributed by atoms with Crippen molar-refractivity contribution < 1.29 is 13.9 Å². The van der Waals surface area contributed by atoms with Crippen LogP contribution in [0, 0.1) is 12.7 Å². The summed E-state index contributed by atoms with van der Waals surface area (Å²) in [5, 5.41) is 2.52. The fourth-order valence-electron chi connectivity index (χ4n) is 3.27. The van der Waals surface area contributed by atoms with Crippen molar-refractivity contribution in [1.29, 1.82) is 0 Å². The van der Waals surface area contributed by atoms with Gasteiger partial charge in [0.05, 0.1) is 23.2 Å². The van der Waals surface area contributed by atoms with E-state index in [0.717, 1.165) is 28.9 Å². The SMILES string of the molecule is C=C(/C=N\C(=C/N)c1cc2c(cc1C)OC(C)(C)C2)NC(=O)c1ccccc1F. The maximum absolute atomic E-state index is 13.7.